The van der Waals surface area contributed by atoms with Gasteiger partial charge in [-0.15, -0.1) is 0 Å². The molecule has 2 rings (SSSR count). The van der Waals surface area contributed by atoms with Gasteiger partial charge in [-0.05, 0) is 44.4 Å². The summed E-state index contributed by atoms with van der Waals surface area (Å²) in [6, 6.07) is 0. The van der Waals surface area contributed by atoms with Crippen LogP contribution in [0.2, 0.25) is 0 Å². The van der Waals surface area contributed by atoms with Crippen molar-refractivity contribution in [2.45, 2.75) is 78.3 Å². The molecule has 7 atom stereocenters. The van der Waals surface area contributed by atoms with E-state index in [1.165, 1.54) is 17.7 Å². The zero-order chi connectivity index (χ0) is 17.0. The van der Waals surface area contributed by atoms with Crippen molar-refractivity contribution in [3.05, 3.63) is 0 Å². The zero-order valence-electron chi connectivity index (χ0n) is 15.8. The Kier molecular flexibility index (Phi) is 7.33. The molecule has 2 fully saturated rings. The lowest BCUT2D eigenvalue weighted by Gasteiger charge is -2.38. The molecular weight excluding hydrogens is 290 g/mol. The van der Waals surface area contributed by atoms with E-state index in [0.29, 0.717) is 24.5 Å². The fraction of sp³-hybridized carbons (Fsp3) is 1.00. The number of hydrogen-bond acceptors (Lipinski definition) is 3. The highest BCUT2D eigenvalue weighted by Gasteiger charge is 2.32. The maximum Gasteiger partial charge on any atom is 0.126 e. The third-order valence-corrected chi connectivity index (χ3v) is 5.61. The maximum atomic E-state index is 10.4. The highest BCUT2D eigenvalue weighted by Crippen LogP contribution is 2.35. The highest BCUT2D eigenvalue weighted by molar-refractivity contribution is 4.81. The van der Waals surface area contributed by atoms with E-state index in [2.05, 4.69) is 34.6 Å². The van der Waals surface area contributed by atoms with E-state index < -0.39 is 0 Å². The molecule has 4 nitrogen and oxygen atoms in total. The van der Waals surface area contributed by atoms with Crippen LogP contribution in [0, 0.1) is 17.8 Å². The molecule has 4 heteroatoms. The summed E-state index contributed by atoms with van der Waals surface area (Å²) in [4.78, 5) is 1.43. The maximum absolute atomic E-state index is 10.4. The SMILES string of the molecule is CC(C)[C@@H]1CC[C@@H](C)C[C@H]1OC[C@H](O)C[NH+]1C[C@@H](C)O[C@@H](C)C1. The van der Waals surface area contributed by atoms with Gasteiger partial charge in [0.05, 0.1) is 12.7 Å². The van der Waals surface area contributed by atoms with Crippen molar-refractivity contribution in [3.8, 4) is 0 Å². The van der Waals surface area contributed by atoms with Crippen molar-refractivity contribution in [1.29, 1.82) is 0 Å². The standard InChI is InChI=1S/C19H37NO3/c1-13(2)18-7-6-14(3)8-19(18)22-12-17(21)11-20-9-15(4)23-16(5)10-20/h13-19,21H,6-12H2,1-5H3/p+1/t14-,15-,16+,17-,18+,19-/m1/s1. The summed E-state index contributed by atoms with van der Waals surface area (Å²) in [7, 11) is 0. The Morgan fingerprint density at radius 1 is 1.13 bits per heavy atom. The van der Waals surface area contributed by atoms with Crippen molar-refractivity contribution in [2.75, 3.05) is 26.2 Å². The van der Waals surface area contributed by atoms with Gasteiger partial charge in [0, 0.05) is 0 Å². The molecule has 1 heterocycles. The number of aliphatic hydroxyl groups is 1. The Hall–Kier alpha value is -0.160. The second-order valence-corrected chi connectivity index (χ2v) is 8.47. The van der Waals surface area contributed by atoms with Crippen molar-refractivity contribution >= 4 is 0 Å². The summed E-state index contributed by atoms with van der Waals surface area (Å²) in [6.45, 7) is 14.4. The van der Waals surface area contributed by atoms with E-state index in [-0.39, 0.29) is 18.3 Å². The summed E-state index contributed by atoms with van der Waals surface area (Å²) in [6.07, 6.45) is 4.26. The van der Waals surface area contributed by atoms with E-state index in [4.69, 9.17) is 9.47 Å². The summed E-state index contributed by atoms with van der Waals surface area (Å²) in [5.41, 5.74) is 0. The van der Waals surface area contributed by atoms with Crippen LogP contribution in [0.4, 0.5) is 0 Å². The number of ether oxygens (including phenoxy) is 2. The van der Waals surface area contributed by atoms with Crippen molar-refractivity contribution in [2.24, 2.45) is 17.8 Å². The van der Waals surface area contributed by atoms with Gasteiger partial charge in [-0.2, -0.15) is 0 Å². The number of quaternary nitrogens is 1. The Labute approximate surface area is 142 Å². The molecule has 136 valence electrons. The first-order valence-corrected chi connectivity index (χ1v) is 9.63. The highest BCUT2D eigenvalue weighted by atomic mass is 16.5. The largest absolute Gasteiger partial charge is 0.385 e. The Morgan fingerprint density at radius 3 is 2.39 bits per heavy atom. The summed E-state index contributed by atoms with van der Waals surface area (Å²) < 4.78 is 12.0. The van der Waals surface area contributed by atoms with Gasteiger partial charge >= 0.3 is 0 Å². The smallest absolute Gasteiger partial charge is 0.126 e. The zero-order valence-corrected chi connectivity index (χ0v) is 15.8. The van der Waals surface area contributed by atoms with E-state index in [9.17, 15) is 5.11 Å². The van der Waals surface area contributed by atoms with Gasteiger partial charge in [-0.1, -0.05) is 27.2 Å². The molecule has 1 aliphatic carbocycles. The van der Waals surface area contributed by atoms with Crippen molar-refractivity contribution < 1.29 is 19.5 Å². The molecule has 2 aliphatic rings. The topological polar surface area (TPSA) is 43.1 Å². The van der Waals surface area contributed by atoms with Crippen LogP contribution in [0.5, 0.6) is 0 Å². The molecule has 0 spiro atoms. The quantitative estimate of drug-likeness (QED) is 0.777. The van der Waals surface area contributed by atoms with Crippen LogP contribution < -0.4 is 4.90 Å². The van der Waals surface area contributed by atoms with Crippen LogP contribution >= 0.6 is 0 Å². The van der Waals surface area contributed by atoms with Gasteiger partial charge in [0.15, 0.2) is 0 Å². The average molecular weight is 329 g/mol. The van der Waals surface area contributed by atoms with E-state index >= 15 is 0 Å². The molecule has 0 amide bonds. The van der Waals surface area contributed by atoms with Gasteiger partial charge in [0.2, 0.25) is 0 Å². The summed E-state index contributed by atoms with van der Waals surface area (Å²) >= 11 is 0. The fourth-order valence-corrected chi connectivity index (χ4v) is 4.49. The first-order valence-electron chi connectivity index (χ1n) is 9.63. The van der Waals surface area contributed by atoms with E-state index in [1.807, 2.05) is 0 Å². The van der Waals surface area contributed by atoms with Gasteiger partial charge in [-0.25, -0.2) is 0 Å². The number of hydrogen-bond donors (Lipinski definition) is 2. The predicted octanol–water partition coefficient (Wildman–Crippen LogP) is 1.52. The van der Waals surface area contributed by atoms with Crippen LogP contribution in [0.3, 0.4) is 0 Å². The minimum absolute atomic E-state index is 0.284. The van der Waals surface area contributed by atoms with Crippen LogP contribution in [0.1, 0.15) is 53.9 Å². The molecule has 0 radical (unpaired) electrons. The van der Waals surface area contributed by atoms with Crippen LogP contribution in [-0.2, 0) is 9.47 Å². The average Bonchev–Trinajstić information content (AvgIpc) is 2.43. The van der Waals surface area contributed by atoms with Gasteiger partial charge in [0.1, 0.15) is 37.9 Å². The fourth-order valence-electron chi connectivity index (χ4n) is 4.49. The normalized spacial score (nSPS) is 40.3. The van der Waals surface area contributed by atoms with Crippen LogP contribution in [-0.4, -0.2) is 55.8 Å². The number of morpholine rings is 1. The molecular formula is C19H38NO3+. The van der Waals surface area contributed by atoms with Crippen molar-refractivity contribution in [3.63, 3.8) is 0 Å². The van der Waals surface area contributed by atoms with Gasteiger partial charge in [-0.3, -0.25) is 0 Å². The first kappa shape index (κ1) is 19.2. The minimum atomic E-state index is -0.368. The molecule has 1 aliphatic heterocycles. The molecule has 1 saturated heterocycles. The Bertz CT molecular complexity index is 340. The number of rotatable bonds is 6. The lowest BCUT2D eigenvalue weighted by molar-refractivity contribution is -0.918. The lowest BCUT2D eigenvalue weighted by Crippen LogP contribution is -3.16. The number of aliphatic hydroxyl groups excluding tert-OH is 1. The monoisotopic (exact) mass is 328 g/mol. The van der Waals surface area contributed by atoms with Gasteiger partial charge in [0.25, 0.3) is 0 Å². The second kappa shape index (κ2) is 8.80. The Morgan fingerprint density at radius 2 is 1.78 bits per heavy atom. The minimum Gasteiger partial charge on any atom is -0.385 e. The summed E-state index contributed by atoms with van der Waals surface area (Å²) in [5, 5.41) is 10.4. The molecule has 2 N–H and O–H groups in total. The molecule has 0 aromatic rings. The second-order valence-electron chi connectivity index (χ2n) is 8.47. The van der Waals surface area contributed by atoms with E-state index in [1.54, 1.807) is 0 Å². The third kappa shape index (κ3) is 6.00. The van der Waals surface area contributed by atoms with Gasteiger partial charge < -0.3 is 19.5 Å². The number of nitrogens with one attached hydrogen (secondary N) is 1. The molecule has 1 saturated carbocycles. The Balaban J connectivity index is 1.77. The molecule has 0 aromatic heterocycles. The molecule has 23 heavy (non-hydrogen) atoms. The molecule has 1 unspecified atom stereocenters. The lowest BCUT2D eigenvalue weighted by atomic mass is 9.75. The van der Waals surface area contributed by atoms with E-state index in [0.717, 1.165) is 32.0 Å². The first-order chi connectivity index (χ1) is 10.8. The van der Waals surface area contributed by atoms with Crippen LogP contribution in [0.15, 0.2) is 0 Å². The van der Waals surface area contributed by atoms with Crippen LogP contribution in [0.25, 0.3) is 0 Å². The third-order valence-electron chi connectivity index (χ3n) is 5.61. The molecule has 0 bridgehead atoms. The summed E-state index contributed by atoms with van der Waals surface area (Å²) in [5.74, 6) is 2.06. The molecule has 0 aromatic carbocycles. The van der Waals surface area contributed by atoms with Crippen molar-refractivity contribution in [1.82, 2.24) is 0 Å². The predicted molar refractivity (Wildman–Crippen MR) is 92.7 cm³/mol.